The van der Waals surface area contributed by atoms with Crippen LogP contribution >= 0.6 is 0 Å². The number of carbonyl (C=O) groups excluding carboxylic acids is 1. The van der Waals surface area contributed by atoms with E-state index in [2.05, 4.69) is 58.4 Å². The maximum absolute atomic E-state index is 13.3. The van der Waals surface area contributed by atoms with E-state index < -0.39 is 0 Å². The van der Waals surface area contributed by atoms with E-state index in [1.807, 2.05) is 0 Å². The van der Waals surface area contributed by atoms with Crippen molar-refractivity contribution >= 4 is 5.91 Å². The fourth-order valence-corrected chi connectivity index (χ4v) is 4.36. The summed E-state index contributed by atoms with van der Waals surface area (Å²) in [5.41, 5.74) is 5.52. The topological polar surface area (TPSA) is 52.2 Å². The fraction of sp³-hybridized carbons (Fsp3) is 0.524. The highest BCUT2D eigenvalue weighted by Gasteiger charge is 2.32. The summed E-state index contributed by atoms with van der Waals surface area (Å²) in [5, 5.41) is 7.45. The average molecular weight is 352 g/mol. The number of hydrogen-bond acceptors (Lipinski definition) is 3. The highest BCUT2D eigenvalue weighted by atomic mass is 16.2. The van der Waals surface area contributed by atoms with Crippen LogP contribution in [0.1, 0.15) is 64.6 Å². The number of likely N-dealkylation sites (tertiary alicyclic amines) is 1. The summed E-state index contributed by atoms with van der Waals surface area (Å²) in [6, 6.07) is 8.95. The molecule has 2 aliphatic rings. The Morgan fingerprint density at radius 1 is 1.19 bits per heavy atom. The van der Waals surface area contributed by atoms with E-state index >= 15 is 0 Å². The van der Waals surface area contributed by atoms with E-state index in [4.69, 9.17) is 0 Å². The predicted molar refractivity (Wildman–Crippen MR) is 102 cm³/mol. The van der Waals surface area contributed by atoms with Gasteiger partial charge in [0.05, 0.1) is 6.04 Å². The van der Waals surface area contributed by atoms with Crippen molar-refractivity contribution in [2.45, 2.75) is 51.1 Å². The van der Waals surface area contributed by atoms with E-state index in [1.54, 1.807) is 0 Å². The van der Waals surface area contributed by atoms with Crippen molar-refractivity contribution in [3.05, 3.63) is 52.3 Å². The third-order valence-corrected chi connectivity index (χ3v) is 5.64. The Morgan fingerprint density at radius 2 is 2.00 bits per heavy atom. The van der Waals surface area contributed by atoms with Crippen LogP contribution in [0.5, 0.6) is 0 Å². The van der Waals surface area contributed by atoms with E-state index in [0.717, 1.165) is 56.5 Å². The number of rotatable bonds is 4. The second kappa shape index (κ2) is 7.23. The third-order valence-electron chi connectivity index (χ3n) is 5.64. The molecule has 138 valence electrons. The van der Waals surface area contributed by atoms with Crippen molar-refractivity contribution in [3.8, 4) is 0 Å². The SMILES string of the molecule is CN(C)Cc1ccc([C@H]2CCCCN2C(=O)c2n[nH]c3c2CCC3)cc1. The lowest BCUT2D eigenvalue weighted by Crippen LogP contribution is -2.39. The summed E-state index contributed by atoms with van der Waals surface area (Å²) in [4.78, 5) is 17.5. The Hall–Kier alpha value is -2.14. The first-order chi connectivity index (χ1) is 12.6. The lowest BCUT2D eigenvalue weighted by Gasteiger charge is -2.36. The molecule has 1 fully saturated rings. The Bertz CT molecular complexity index is 778. The van der Waals surface area contributed by atoms with Gasteiger partial charge in [-0.1, -0.05) is 24.3 Å². The normalized spacial score (nSPS) is 19.8. The Labute approximate surface area is 155 Å². The summed E-state index contributed by atoms with van der Waals surface area (Å²) in [5.74, 6) is 0.103. The first-order valence-corrected chi connectivity index (χ1v) is 9.74. The predicted octanol–water partition coefficient (Wildman–Crippen LogP) is 3.33. The van der Waals surface area contributed by atoms with Crippen molar-refractivity contribution in [2.75, 3.05) is 20.6 Å². The van der Waals surface area contributed by atoms with E-state index in [9.17, 15) is 4.79 Å². The molecular weight excluding hydrogens is 324 g/mol. The van der Waals surface area contributed by atoms with Gasteiger partial charge in [-0.3, -0.25) is 9.89 Å². The van der Waals surface area contributed by atoms with E-state index in [-0.39, 0.29) is 11.9 Å². The van der Waals surface area contributed by atoms with Gasteiger partial charge in [0, 0.05) is 24.3 Å². The maximum Gasteiger partial charge on any atom is 0.275 e. The van der Waals surface area contributed by atoms with Crippen LogP contribution in [-0.4, -0.2) is 46.5 Å². The van der Waals surface area contributed by atoms with Crippen molar-refractivity contribution < 1.29 is 4.79 Å². The molecule has 1 aromatic heterocycles. The monoisotopic (exact) mass is 352 g/mol. The van der Waals surface area contributed by atoms with E-state index in [0.29, 0.717) is 5.69 Å². The fourth-order valence-electron chi connectivity index (χ4n) is 4.36. The first-order valence-electron chi connectivity index (χ1n) is 9.74. The van der Waals surface area contributed by atoms with Gasteiger partial charge in [-0.15, -0.1) is 0 Å². The van der Waals surface area contributed by atoms with Crippen LogP contribution in [0.25, 0.3) is 0 Å². The van der Waals surface area contributed by atoms with Crippen LogP contribution in [-0.2, 0) is 19.4 Å². The summed E-state index contributed by atoms with van der Waals surface area (Å²) >= 11 is 0. The zero-order valence-electron chi connectivity index (χ0n) is 15.8. The Morgan fingerprint density at radius 3 is 2.77 bits per heavy atom. The zero-order chi connectivity index (χ0) is 18.1. The molecule has 1 atom stereocenters. The molecular formula is C21H28N4O. The minimum atomic E-state index is 0.103. The number of aromatic amines is 1. The van der Waals surface area contributed by atoms with Gasteiger partial charge in [0.2, 0.25) is 0 Å². The molecule has 0 saturated carbocycles. The lowest BCUT2D eigenvalue weighted by molar-refractivity contribution is 0.0604. The quantitative estimate of drug-likeness (QED) is 0.918. The van der Waals surface area contributed by atoms with Gasteiger partial charge in [0.25, 0.3) is 5.91 Å². The minimum Gasteiger partial charge on any atom is -0.330 e. The van der Waals surface area contributed by atoms with Crippen molar-refractivity contribution in [2.24, 2.45) is 0 Å². The number of benzene rings is 1. The Kier molecular flexibility index (Phi) is 4.81. The summed E-state index contributed by atoms with van der Waals surface area (Å²) < 4.78 is 0. The molecule has 0 bridgehead atoms. The van der Waals surface area contributed by atoms with Gasteiger partial charge in [0.15, 0.2) is 5.69 Å². The molecule has 1 aliphatic carbocycles. The van der Waals surface area contributed by atoms with Gasteiger partial charge in [0.1, 0.15) is 0 Å². The average Bonchev–Trinajstić information content (AvgIpc) is 3.25. The molecule has 1 saturated heterocycles. The largest absolute Gasteiger partial charge is 0.330 e. The molecule has 1 aromatic carbocycles. The number of amides is 1. The number of fused-ring (bicyclic) bond motifs is 1. The van der Waals surface area contributed by atoms with Crippen molar-refractivity contribution in [1.82, 2.24) is 20.0 Å². The maximum atomic E-state index is 13.3. The molecule has 26 heavy (non-hydrogen) atoms. The number of nitrogens with one attached hydrogen (secondary N) is 1. The van der Waals surface area contributed by atoms with Crippen LogP contribution in [0, 0.1) is 0 Å². The van der Waals surface area contributed by atoms with Crippen molar-refractivity contribution in [1.29, 1.82) is 0 Å². The van der Waals surface area contributed by atoms with E-state index in [1.165, 1.54) is 17.5 Å². The number of carbonyl (C=O) groups is 1. The smallest absolute Gasteiger partial charge is 0.275 e. The number of hydrogen-bond donors (Lipinski definition) is 1. The first kappa shape index (κ1) is 17.3. The molecule has 0 spiro atoms. The number of aromatic nitrogens is 2. The highest BCUT2D eigenvalue weighted by molar-refractivity contribution is 5.94. The highest BCUT2D eigenvalue weighted by Crippen LogP contribution is 2.33. The van der Waals surface area contributed by atoms with Gasteiger partial charge < -0.3 is 9.80 Å². The number of H-pyrrole nitrogens is 1. The molecule has 0 unspecified atom stereocenters. The molecule has 4 rings (SSSR count). The van der Waals surface area contributed by atoms with Crippen LogP contribution in [0.2, 0.25) is 0 Å². The van der Waals surface area contributed by atoms with Gasteiger partial charge in [-0.2, -0.15) is 5.10 Å². The van der Waals surface area contributed by atoms with Crippen LogP contribution < -0.4 is 0 Å². The van der Waals surface area contributed by atoms with Crippen LogP contribution in [0.4, 0.5) is 0 Å². The summed E-state index contributed by atoms with van der Waals surface area (Å²) in [7, 11) is 4.16. The molecule has 1 amide bonds. The van der Waals surface area contributed by atoms with Crippen LogP contribution in [0.15, 0.2) is 24.3 Å². The molecule has 1 N–H and O–H groups in total. The second-order valence-corrected chi connectivity index (χ2v) is 7.87. The Balaban J connectivity index is 1.57. The molecule has 2 aromatic rings. The number of piperidine rings is 1. The number of nitrogens with zero attached hydrogens (tertiary/aromatic N) is 3. The summed E-state index contributed by atoms with van der Waals surface area (Å²) in [6.45, 7) is 1.76. The molecule has 5 nitrogen and oxygen atoms in total. The van der Waals surface area contributed by atoms with Crippen LogP contribution in [0.3, 0.4) is 0 Å². The minimum absolute atomic E-state index is 0.103. The molecule has 0 radical (unpaired) electrons. The zero-order valence-corrected chi connectivity index (χ0v) is 15.8. The molecule has 2 heterocycles. The van der Waals surface area contributed by atoms with Gasteiger partial charge in [-0.25, -0.2) is 0 Å². The van der Waals surface area contributed by atoms with Crippen molar-refractivity contribution in [3.63, 3.8) is 0 Å². The summed E-state index contributed by atoms with van der Waals surface area (Å²) in [6.07, 6.45) is 6.41. The number of aryl methyl sites for hydroxylation is 1. The lowest BCUT2D eigenvalue weighted by atomic mass is 9.94. The molecule has 1 aliphatic heterocycles. The third kappa shape index (κ3) is 3.28. The molecule has 5 heteroatoms. The second-order valence-electron chi connectivity index (χ2n) is 7.87. The van der Waals surface area contributed by atoms with Gasteiger partial charge in [-0.05, 0) is 63.7 Å². The standard InChI is InChI=1S/C21H28N4O/c1-24(2)14-15-9-11-16(12-10-15)19-8-3-4-13-25(19)21(26)20-17-6-5-7-18(17)22-23-20/h9-12,19H,3-8,13-14H2,1-2H3,(H,22,23)/t19-/m1/s1. The van der Waals surface area contributed by atoms with Gasteiger partial charge >= 0.3 is 0 Å².